The van der Waals surface area contributed by atoms with Gasteiger partial charge in [0.25, 0.3) is 5.56 Å². The molecule has 198 valence electrons. The molecule has 2 heterocycles. The number of carbonyl (C=O) groups is 1. The van der Waals surface area contributed by atoms with Gasteiger partial charge in [-0.1, -0.05) is 44.2 Å². The summed E-state index contributed by atoms with van der Waals surface area (Å²) in [4.78, 5) is 44.5. The molecule has 39 heavy (non-hydrogen) atoms. The summed E-state index contributed by atoms with van der Waals surface area (Å²) in [5, 5.41) is 0. The molecule has 0 aliphatic carbocycles. The molecular formula is C29H23F3N4O3. The predicted octanol–water partition coefficient (Wildman–Crippen LogP) is 4.82. The number of ketones is 1. The van der Waals surface area contributed by atoms with E-state index in [1.807, 2.05) is 26.0 Å². The Labute approximate surface area is 220 Å². The molecule has 0 amide bonds. The SMILES string of the molecule is CC(C)c1ccc(-n2c(=O)n(Cc3ccccc3F)c(=O)c3c2ncn3CC(=O)c2ccc(F)c(F)c2)cc1. The molecule has 0 unspecified atom stereocenters. The highest BCUT2D eigenvalue weighted by atomic mass is 19.2. The van der Waals surface area contributed by atoms with E-state index in [0.29, 0.717) is 5.69 Å². The van der Waals surface area contributed by atoms with Gasteiger partial charge in [0.05, 0.1) is 25.1 Å². The third-order valence-electron chi connectivity index (χ3n) is 6.56. The second-order valence-electron chi connectivity index (χ2n) is 9.44. The number of hydrogen-bond acceptors (Lipinski definition) is 4. The van der Waals surface area contributed by atoms with Crippen LogP contribution in [0.25, 0.3) is 16.9 Å². The van der Waals surface area contributed by atoms with E-state index in [1.54, 1.807) is 18.2 Å². The molecule has 5 aromatic rings. The molecule has 0 saturated carbocycles. The Morgan fingerprint density at radius 2 is 1.62 bits per heavy atom. The molecule has 0 saturated heterocycles. The van der Waals surface area contributed by atoms with Crippen molar-refractivity contribution in [3.05, 3.63) is 128 Å². The monoisotopic (exact) mass is 532 g/mol. The summed E-state index contributed by atoms with van der Waals surface area (Å²) < 4.78 is 44.9. The number of imidazole rings is 1. The van der Waals surface area contributed by atoms with E-state index < -0.39 is 41.0 Å². The lowest BCUT2D eigenvalue weighted by Gasteiger charge is -2.14. The third-order valence-corrected chi connectivity index (χ3v) is 6.56. The Morgan fingerprint density at radius 1 is 0.897 bits per heavy atom. The van der Waals surface area contributed by atoms with E-state index in [2.05, 4.69) is 4.98 Å². The van der Waals surface area contributed by atoms with Crippen LogP contribution in [-0.4, -0.2) is 24.5 Å². The van der Waals surface area contributed by atoms with Crippen LogP contribution in [0.1, 0.15) is 41.3 Å². The molecule has 0 radical (unpaired) electrons. The zero-order valence-electron chi connectivity index (χ0n) is 21.1. The molecule has 7 nitrogen and oxygen atoms in total. The molecule has 0 bridgehead atoms. The lowest BCUT2D eigenvalue weighted by atomic mass is 10.0. The van der Waals surface area contributed by atoms with Gasteiger partial charge in [0.2, 0.25) is 0 Å². The predicted molar refractivity (Wildman–Crippen MR) is 140 cm³/mol. The zero-order chi connectivity index (χ0) is 27.8. The van der Waals surface area contributed by atoms with E-state index >= 15 is 0 Å². The zero-order valence-corrected chi connectivity index (χ0v) is 21.1. The fourth-order valence-electron chi connectivity index (χ4n) is 4.39. The average molecular weight is 533 g/mol. The molecule has 0 N–H and O–H groups in total. The van der Waals surface area contributed by atoms with E-state index in [9.17, 15) is 27.6 Å². The van der Waals surface area contributed by atoms with E-state index in [4.69, 9.17) is 0 Å². The Bertz CT molecular complexity index is 1840. The van der Waals surface area contributed by atoms with Crippen LogP contribution in [0, 0.1) is 17.5 Å². The minimum atomic E-state index is -1.18. The van der Waals surface area contributed by atoms with Crippen molar-refractivity contribution in [1.82, 2.24) is 18.7 Å². The Hall–Kier alpha value is -4.73. The fourth-order valence-corrected chi connectivity index (χ4v) is 4.39. The van der Waals surface area contributed by atoms with E-state index in [0.717, 1.165) is 28.3 Å². The van der Waals surface area contributed by atoms with E-state index in [-0.39, 0.29) is 34.8 Å². The van der Waals surface area contributed by atoms with Crippen LogP contribution in [0.5, 0.6) is 0 Å². The van der Waals surface area contributed by atoms with Gasteiger partial charge < -0.3 is 4.57 Å². The highest BCUT2D eigenvalue weighted by molar-refractivity contribution is 5.96. The number of hydrogen-bond donors (Lipinski definition) is 0. The van der Waals surface area contributed by atoms with Crippen LogP contribution in [0.4, 0.5) is 13.2 Å². The van der Waals surface area contributed by atoms with Crippen molar-refractivity contribution in [1.29, 1.82) is 0 Å². The quantitative estimate of drug-likeness (QED) is 0.282. The van der Waals surface area contributed by atoms with Crippen LogP contribution < -0.4 is 11.2 Å². The third kappa shape index (κ3) is 4.81. The maximum Gasteiger partial charge on any atom is 0.337 e. The number of nitrogens with zero attached hydrogens (tertiary/aromatic N) is 4. The topological polar surface area (TPSA) is 78.9 Å². The van der Waals surface area contributed by atoms with Gasteiger partial charge in [-0.25, -0.2) is 27.5 Å². The van der Waals surface area contributed by atoms with E-state index in [1.165, 1.54) is 33.7 Å². The van der Waals surface area contributed by atoms with Crippen molar-refractivity contribution in [2.24, 2.45) is 0 Å². The van der Waals surface area contributed by atoms with Gasteiger partial charge in [0, 0.05) is 11.1 Å². The maximum atomic E-state index is 14.5. The maximum absolute atomic E-state index is 14.5. The number of carbonyl (C=O) groups excluding carboxylic acids is 1. The van der Waals surface area contributed by atoms with Crippen LogP contribution in [0.2, 0.25) is 0 Å². The minimum Gasteiger partial charge on any atom is -0.317 e. The van der Waals surface area contributed by atoms with Crippen molar-refractivity contribution in [2.45, 2.75) is 32.9 Å². The normalized spacial score (nSPS) is 11.4. The first-order valence-corrected chi connectivity index (χ1v) is 12.2. The summed E-state index contributed by atoms with van der Waals surface area (Å²) in [6, 6.07) is 15.7. The summed E-state index contributed by atoms with van der Waals surface area (Å²) in [5.74, 6) is -3.22. The Kier molecular flexibility index (Phi) is 6.78. The van der Waals surface area contributed by atoms with Gasteiger partial charge in [0.1, 0.15) is 5.82 Å². The molecule has 0 aliphatic rings. The first-order valence-electron chi connectivity index (χ1n) is 12.2. The van der Waals surface area contributed by atoms with Crippen molar-refractivity contribution in [3.63, 3.8) is 0 Å². The molecular weight excluding hydrogens is 509 g/mol. The van der Waals surface area contributed by atoms with Crippen molar-refractivity contribution in [3.8, 4) is 5.69 Å². The van der Waals surface area contributed by atoms with Gasteiger partial charge in [-0.15, -0.1) is 0 Å². The Balaban J connectivity index is 1.70. The van der Waals surface area contributed by atoms with Gasteiger partial charge in [0.15, 0.2) is 28.6 Å². The number of rotatable bonds is 7. The van der Waals surface area contributed by atoms with Crippen molar-refractivity contribution >= 4 is 16.9 Å². The van der Waals surface area contributed by atoms with Crippen LogP contribution in [0.3, 0.4) is 0 Å². The van der Waals surface area contributed by atoms with Gasteiger partial charge >= 0.3 is 5.69 Å². The summed E-state index contributed by atoms with van der Waals surface area (Å²) in [6.07, 6.45) is 1.23. The van der Waals surface area contributed by atoms with Gasteiger partial charge in [-0.3, -0.25) is 14.2 Å². The first-order chi connectivity index (χ1) is 18.7. The number of fused-ring (bicyclic) bond motifs is 1. The van der Waals surface area contributed by atoms with Gasteiger partial charge in [-0.2, -0.15) is 0 Å². The molecule has 0 fully saturated rings. The second-order valence-corrected chi connectivity index (χ2v) is 9.44. The smallest absolute Gasteiger partial charge is 0.317 e. The van der Waals surface area contributed by atoms with Crippen LogP contribution >= 0.6 is 0 Å². The molecule has 0 spiro atoms. The Morgan fingerprint density at radius 3 is 2.28 bits per heavy atom. The highest BCUT2D eigenvalue weighted by Gasteiger charge is 2.22. The molecule has 2 aromatic heterocycles. The lowest BCUT2D eigenvalue weighted by molar-refractivity contribution is 0.0972. The molecule has 5 rings (SSSR count). The highest BCUT2D eigenvalue weighted by Crippen LogP contribution is 2.19. The summed E-state index contributed by atoms with van der Waals surface area (Å²) in [5.41, 5.74) is -0.0879. The molecule has 0 aliphatic heterocycles. The summed E-state index contributed by atoms with van der Waals surface area (Å²) >= 11 is 0. The standard InChI is InChI=1S/C29H23F3N4O3/c1-17(2)18-7-10-21(11-8-18)36-27-26(28(38)35(29(36)39)14-20-5-3-4-6-22(20)30)34(16-33-27)15-25(37)19-9-12-23(31)24(32)13-19/h3-13,16-17H,14-15H2,1-2H3. The second kappa shape index (κ2) is 10.2. The summed E-state index contributed by atoms with van der Waals surface area (Å²) in [6.45, 7) is 3.27. The average Bonchev–Trinajstić information content (AvgIpc) is 3.32. The number of halogens is 3. The molecule has 0 atom stereocenters. The fraction of sp³-hybridized carbons (Fsp3) is 0.172. The number of aromatic nitrogens is 4. The first kappa shape index (κ1) is 25.9. The summed E-state index contributed by atoms with van der Waals surface area (Å²) in [7, 11) is 0. The van der Waals surface area contributed by atoms with Crippen LogP contribution in [0.15, 0.2) is 82.6 Å². The molecule has 10 heteroatoms. The lowest BCUT2D eigenvalue weighted by Crippen LogP contribution is -2.40. The minimum absolute atomic E-state index is 0.00478. The van der Waals surface area contributed by atoms with Crippen molar-refractivity contribution < 1.29 is 18.0 Å². The number of benzene rings is 3. The van der Waals surface area contributed by atoms with Gasteiger partial charge in [-0.05, 0) is 47.9 Å². The van der Waals surface area contributed by atoms with Crippen molar-refractivity contribution in [2.75, 3.05) is 0 Å². The molecule has 3 aromatic carbocycles. The van der Waals surface area contributed by atoms with Crippen LogP contribution in [-0.2, 0) is 13.1 Å². The largest absolute Gasteiger partial charge is 0.337 e. The number of Topliss-reactive ketones (excluding diaryl/α,β-unsaturated/α-hetero) is 1.